The van der Waals surface area contributed by atoms with Crippen LogP contribution in [0.3, 0.4) is 0 Å². The molecule has 0 saturated heterocycles. The van der Waals surface area contributed by atoms with Crippen LogP contribution in [0.1, 0.15) is 36.2 Å². The van der Waals surface area contributed by atoms with E-state index in [1.54, 1.807) is 6.20 Å². The summed E-state index contributed by atoms with van der Waals surface area (Å²) in [6, 6.07) is 11.8. The Hall–Kier alpha value is -2.36. The Kier molecular flexibility index (Phi) is 4.58. The van der Waals surface area contributed by atoms with Crippen LogP contribution in [0.5, 0.6) is 0 Å². The van der Waals surface area contributed by atoms with E-state index in [-0.39, 0.29) is 11.1 Å². The van der Waals surface area contributed by atoms with Crippen LogP contribution in [0.2, 0.25) is 0 Å². The summed E-state index contributed by atoms with van der Waals surface area (Å²) in [4.78, 5) is 15.2. The van der Waals surface area contributed by atoms with Crippen molar-refractivity contribution in [1.82, 2.24) is 4.98 Å². The van der Waals surface area contributed by atoms with Crippen LogP contribution in [0.15, 0.2) is 48.8 Å². The van der Waals surface area contributed by atoms with E-state index in [2.05, 4.69) is 36.3 Å². The van der Waals surface area contributed by atoms with Gasteiger partial charge in [0.2, 0.25) is 0 Å². The number of carboxylic acid groups (broad SMARTS) is 1. The molecule has 1 aromatic heterocycles. The zero-order chi connectivity index (χ0) is 15.3. The van der Waals surface area contributed by atoms with Crippen molar-refractivity contribution < 1.29 is 9.90 Å². The number of rotatable bonds is 6. The molecule has 0 unspecified atom stereocenters. The van der Waals surface area contributed by atoms with Gasteiger partial charge in [-0.15, -0.1) is 0 Å². The first-order chi connectivity index (χ1) is 9.98. The summed E-state index contributed by atoms with van der Waals surface area (Å²) in [5, 5.41) is 12.5. The molecule has 21 heavy (non-hydrogen) atoms. The zero-order valence-electron chi connectivity index (χ0n) is 12.3. The molecule has 0 fully saturated rings. The quantitative estimate of drug-likeness (QED) is 0.850. The lowest BCUT2D eigenvalue weighted by Gasteiger charge is -2.28. The molecule has 2 N–H and O–H groups in total. The highest BCUT2D eigenvalue weighted by Crippen LogP contribution is 2.22. The number of aryl methyl sites for hydroxylation is 1. The number of nitrogens with zero attached hydrogens (tertiary/aromatic N) is 1. The second kappa shape index (κ2) is 6.39. The molecule has 0 aliphatic rings. The van der Waals surface area contributed by atoms with Crippen molar-refractivity contribution >= 4 is 11.7 Å². The Balaban J connectivity index is 2.05. The van der Waals surface area contributed by atoms with E-state index >= 15 is 0 Å². The summed E-state index contributed by atoms with van der Waals surface area (Å²) < 4.78 is 0. The SMILES string of the molecule is CC(C)(CCc1ccccc1)Nc1cnccc1C(=O)O. The van der Waals surface area contributed by atoms with Crippen LogP contribution in [-0.2, 0) is 6.42 Å². The monoisotopic (exact) mass is 284 g/mol. The topological polar surface area (TPSA) is 62.2 Å². The van der Waals surface area contributed by atoms with Crippen LogP contribution < -0.4 is 5.32 Å². The van der Waals surface area contributed by atoms with Gasteiger partial charge in [-0.25, -0.2) is 4.79 Å². The molecule has 0 spiro atoms. The molecule has 4 heteroatoms. The molecule has 4 nitrogen and oxygen atoms in total. The Morgan fingerprint density at radius 2 is 1.95 bits per heavy atom. The molecule has 1 aromatic carbocycles. The van der Waals surface area contributed by atoms with Crippen molar-refractivity contribution in [1.29, 1.82) is 0 Å². The van der Waals surface area contributed by atoms with Crippen molar-refractivity contribution in [3.8, 4) is 0 Å². The van der Waals surface area contributed by atoms with Crippen molar-refractivity contribution in [2.24, 2.45) is 0 Å². The first-order valence-electron chi connectivity index (χ1n) is 6.97. The average molecular weight is 284 g/mol. The highest BCUT2D eigenvalue weighted by atomic mass is 16.4. The fourth-order valence-electron chi connectivity index (χ4n) is 2.21. The third-order valence-corrected chi connectivity index (χ3v) is 3.41. The van der Waals surface area contributed by atoms with E-state index in [9.17, 15) is 9.90 Å². The van der Waals surface area contributed by atoms with Gasteiger partial charge in [0.1, 0.15) is 0 Å². The number of carboxylic acids is 1. The molecular weight excluding hydrogens is 264 g/mol. The van der Waals surface area contributed by atoms with E-state index in [0.717, 1.165) is 12.8 Å². The number of hydrogen-bond acceptors (Lipinski definition) is 3. The Morgan fingerprint density at radius 3 is 2.62 bits per heavy atom. The lowest BCUT2D eigenvalue weighted by Crippen LogP contribution is -2.32. The van der Waals surface area contributed by atoms with Gasteiger partial charge in [0, 0.05) is 11.7 Å². The second-order valence-corrected chi connectivity index (χ2v) is 5.72. The van der Waals surface area contributed by atoms with Gasteiger partial charge in [-0.3, -0.25) is 4.98 Å². The van der Waals surface area contributed by atoms with Gasteiger partial charge in [-0.2, -0.15) is 0 Å². The van der Waals surface area contributed by atoms with Crippen molar-refractivity contribution in [3.63, 3.8) is 0 Å². The van der Waals surface area contributed by atoms with Gasteiger partial charge in [-0.1, -0.05) is 30.3 Å². The molecule has 0 bridgehead atoms. The summed E-state index contributed by atoms with van der Waals surface area (Å²) in [5.41, 5.74) is 1.86. The van der Waals surface area contributed by atoms with Gasteiger partial charge >= 0.3 is 5.97 Å². The Labute approximate surface area is 124 Å². The maximum Gasteiger partial charge on any atom is 0.337 e. The molecule has 2 rings (SSSR count). The van der Waals surface area contributed by atoms with Gasteiger partial charge in [0.25, 0.3) is 0 Å². The van der Waals surface area contributed by atoms with Gasteiger partial charge < -0.3 is 10.4 Å². The molecule has 110 valence electrons. The van der Waals surface area contributed by atoms with Crippen LogP contribution in [0, 0.1) is 0 Å². The predicted octanol–water partition coefficient (Wildman–Crippen LogP) is 3.60. The lowest BCUT2D eigenvalue weighted by molar-refractivity contribution is 0.0697. The molecule has 0 radical (unpaired) electrons. The van der Waals surface area contributed by atoms with Gasteiger partial charge in [0.05, 0.1) is 17.4 Å². The van der Waals surface area contributed by atoms with Gasteiger partial charge in [0.15, 0.2) is 0 Å². The first kappa shape index (κ1) is 15.0. The number of aromatic carboxylic acids is 1. The molecular formula is C17H20N2O2. The molecule has 0 saturated carbocycles. The van der Waals surface area contributed by atoms with Crippen LogP contribution in [-0.4, -0.2) is 21.6 Å². The number of pyridine rings is 1. The maximum absolute atomic E-state index is 11.2. The highest BCUT2D eigenvalue weighted by Gasteiger charge is 2.20. The normalized spacial score (nSPS) is 11.1. The van der Waals surface area contributed by atoms with Crippen LogP contribution in [0.4, 0.5) is 5.69 Å². The van der Waals surface area contributed by atoms with Crippen LogP contribution >= 0.6 is 0 Å². The van der Waals surface area contributed by atoms with Crippen molar-refractivity contribution in [2.45, 2.75) is 32.2 Å². The molecule has 0 amide bonds. The summed E-state index contributed by atoms with van der Waals surface area (Å²) in [6.45, 7) is 4.13. The summed E-state index contributed by atoms with van der Waals surface area (Å²) >= 11 is 0. The molecule has 0 aliphatic heterocycles. The van der Waals surface area contributed by atoms with E-state index in [0.29, 0.717) is 5.69 Å². The van der Waals surface area contributed by atoms with E-state index in [4.69, 9.17) is 0 Å². The Morgan fingerprint density at radius 1 is 1.24 bits per heavy atom. The standard InChI is InChI=1S/C17H20N2O2/c1-17(2,10-8-13-6-4-3-5-7-13)19-15-12-18-11-9-14(15)16(20)21/h3-7,9,11-12,19H,8,10H2,1-2H3,(H,20,21). The second-order valence-electron chi connectivity index (χ2n) is 5.72. The number of anilines is 1. The molecule has 2 aromatic rings. The maximum atomic E-state index is 11.2. The Bertz CT molecular complexity index is 609. The summed E-state index contributed by atoms with van der Waals surface area (Å²) in [7, 11) is 0. The molecule has 0 atom stereocenters. The predicted molar refractivity (Wildman–Crippen MR) is 83.7 cm³/mol. The highest BCUT2D eigenvalue weighted by molar-refractivity contribution is 5.93. The fraction of sp³-hybridized carbons (Fsp3) is 0.294. The third kappa shape index (κ3) is 4.31. The minimum absolute atomic E-state index is 0.219. The van der Waals surface area contributed by atoms with Crippen molar-refractivity contribution in [2.75, 3.05) is 5.32 Å². The third-order valence-electron chi connectivity index (χ3n) is 3.41. The minimum atomic E-state index is -0.946. The molecule has 0 aliphatic carbocycles. The minimum Gasteiger partial charge on any atom is -0.478 e. The van der Waals surface area contributed by atoms with Crippen LogP contribution in [0.25, 0.3) is 0 Å². The molecule has 1 heterocycles. The fourth-order valence-corrected chi connectivity index (χ4v) is 2.21. The first-order valence-corrected chi connectivity index (χ1v) is 6.97. The average Bonchev–Trinajstić information content (AvgIpc) is 2.46. The van der Waals surface area contributed by atoms with E-state index in [1.165, 1.54) is 17.8 Å². The number of carbonyl (C=O) groups is 1. The van der Waals surface area contributed by atoms with E-state index in [1.807, 2.05) is 18.2 Å². The number of nitrogens with one attached hydrogen (secondary N) is 1. The lowest BCUT2D eigenvalue weighted by atomic mass is 9.94. The van der Waals surface area contributed by atoms with E-state index < -0.39 is 5.97 Å². The summed E-state index contributed by atoms with van der Waals surface area (Å²) in [5.74, 6) is -0.946. The largest absolute Gasteiger partial charge is 0.478 e. The number of aromatic nitrogens is 1. The summed E-state index contributed by atoms with van der Waals surface area (Å²) in [6.07, 6.45) is 4.88. The zero-order valence-corrected chi connectivity index (χ0v) is 12.3. The van der Waals surface area contributed by atoms with Gasteiger partial charge in [-0.05, 0) is 38.3 Å². The smallest absolute Gasteiger partial charge is 0.337 e. The number of benzene rings is 1. The van der Waals surface area contributed by atoms with Crippen molar-refractivity contribution in [3.05, 3.63) is 59.9 Å². The number of hydrogen-bond donors (Lipinski definition) is 2.